The molecule has 9 aromatic carbocycles. The zero-order chi connectivity index (χ0) is 39.3. The highest BCUT2D eigenvalue weighted by Gasteiger charge is 2.16. The van der Waals surface area contributed by atoms with E-state index in [2.05, 4.69) is 210 Å². The van der Waals surface area contributed by atoms with Gasteiger partial charge in [0.05, 0.1) is 17.6 Å². The number of aliphatic hydroxyl groups excluding tert-OH is 1. The van der Waals surface area contributed by atoms with Crippen molar-refractivity contribution in [1.29, 1.82) is 0 Å². The summed E-state index contributed by atoms with van der Waals surface area (Å²) >= 11 is 1.85. The van der Waals surface area contributed by atoms with Crippen LogP contribution in [0.1, 0.15) is 5.56 Å². The molecule has 0 unspecified atom stereocenters. The van der Waals surface area contributed by atoms with Gasteiger partial charge in [-0.25, -0.2) is 0 Å². The summed E-state index contributed by atoms with van der Waals surface area (Å²) in [6.45, 7) is 0.0331. The van der Waals surface area contributed by atoms with Crippen LogP contribution < -0.4 is 4.90 Å². The normalized spacial score (nSPS) is 11.5. The Kier molecular flexibility index (Phi) is 8.66. The predicted molar refractivity (Wildman–Crippen MR) is 251 cm³/mol. The fraction of sp³-hybridized carbons (Fsp3) is 0.0182. The predicted octanol–water partition coefficient (Wildman–Crippen LogP) is 15.1. The number of hydrogen-bond donors (Lipinski definition) is 1. The van der Waals surface area contributed by atoms with Gasteiger partial charge >= 0.3 is 0 Å². The molecular weight excluding hydrogens is 737 g/mol. The number of benzene rings is 9. The van der Waals surface area contributed by atoms with Crippen LogP contribution in [0.2, 0.25) is 0 Å². The van der Waals surface area contributed by atoms with Crippen LogP contribution in [0.25, 0.3) is 81.0 Å². The van der Waals surface area contributed by atoms with E-state index in [4.69, 9.17) is 0 Å². The van der Waals surface area contributed by atoms with Gasteiger partial charge in [0.15, 0.2) is 0 Å². The molecule has 3 nitrogen and oxygen atoms in total. The second-order valence-corrected chi connectivity index (χ2v) is 16.1. The Morgan fingerprint density at radius 2 is 0.847 bits per heavy atom. The lowest BCUT2D eigenvalue weighted by molar-refractivity contribution is 0.282. The third-order valence-corrected chi connectivity index (χ3v) is 12.7. The van der Waals surface area contributed by atoms with Gasteiger partial charge in [0.2, 0.25) is 0 Å². The molecule has 11 rings (SSSR count). The Morgan fingerprint density at radius 1 is 0.373 bits per heavy atom. The lowest BCUT2D eigenvalue weighted by Gasteiger charge is -2.26. The molecule has 0 aliphatic rings. The van der Waals surface area contributed by atoms with E-state index in [0.717, 1.165) is 44.9 Å². The van der Waals surface area contributed by atoms with Crippen molar-refractivity contribution in [2.45, 2.75) is 6.61 Å². The summed E-state index contributed by atoms with van der Waals surface area (Å²) in [5.41, 5.74) is 14.7. The summed E-state index contributed by atoms with van der Waals surface area (Å²) in [6.07, 6.45) is 0. The van der Waals surface area contributed by atoms with Gasteiger partial charge in [0, 0.05) is 53.7 Å². The molecule has 0 radical (unpaired) electrons. The maximum absolute atomic E-state index is 9.64. The number of thiophene rings is 1. The van der Waals surface area contributed by atoms with Gasteiger partial charge in [-0.15, -0.1) is 11.3 Å². The fourth-order valence-corrected chi connectivity index (χ4v) is 9.66. The van der Waals surface area contributed by atoms with Crippen LogP contribution in [0.3, 0.4) is 0 Å². The van der Waals surface area contributed by atoms with Gasteiger partial charge in [-0.3, -0.25) is 0 Å². The summed E-state index contributed by atoms with van der Waals surface area (Å²) in [5.74, 6) is 0. The molecule has 0 aliphatic carbocycles. The van der Waals surface area contributed by atoms with Crippen LogP contribution in [-0.2, 0) is 6.61 Å². The Balaban J connectivity index is 0.963. The van der Waals surface area contributed by atoms with Crippen molar-refractivity contribution in [3.8, 4) is 39.1 Å². The van der Waals surface area contributed by atoms with Gasteiger partial charge in [0.25, 0.3) is 0 Å². The molecule has 0 saturated carbocycles. The van der Waals surface area contributed by atoms with Crippen molar-refractivity contribution in [2.75, 3.05) is 4.90 Å². The van der Waals surface area contributed by atoms with E-state index in [1.807, 2.05) is 23.5 Å². The summed E-state index contributed by atoms with van der Waals surface area (Å²) in [6, 6.07) is 76.4. The lowest BCUT2D eigenvalue weighted by atomic mass is 10.0. The number of anilines is 3. The number of hydrogen-bond acceptors (Lipinski definition) is 3. The number of fused-ring (bicyclic) bond motifs is 6. The molecule has 2 aromatic heterocycles. The van der Waals surface area contributed by atoms with E-state index in [0.29, 0.717) is 0 Å². The summed E-state index contributed by atoms with van der Waals surface area (Å²) in [4.78, 5) is 2.34. The van der Waals surface area contributed by atoms with Crippen molar-refractivity contribution in [2.24, 2.45) is 0 Å². The molecule has 1 N–H and O–H groups in total. The molecule has 4 heteroatoms. The van der Waals surface area contributed by atoms with E-state index in [9.17, 15) is 5.11 Å². The first-order valence-corrected chi connectivity index (χ1v) is 20.8. The van der Waals surface area contributed by atoms with E-state index in [1.165, 1.54) is 58.8 Å². The van der Waals surface area contributed by atoms with E-state index in [1.54, 1.807) is 0 Å². The first-order valence-electron chi connectivity index (χ1n) is 20.0. The summed E-state index contributed by atoms with van der Waals surface area (Å²) in [7, 11) is 0. The topological polar surface area (TPSA) is 28.4 Å². The largest absolute Gasteiger partial charge is 0.392 e. The third kappa shape index (κ3) is 6.27. The van der Waals surface area contributed by atoms with Crippen molar-refractivity contribution < 1.29 is 5.11 Å². The Labute approximate surface area is 346 Å². The molecule has 11 aromatic rings. The molecule has 280 valence electrons. The maximum atomic E-state index is 9.64. The van der Waals surface area contributed by atoms with Gasteiger partial charge in [0.1, 0.15) is 0 Å². The summed E-state index contributed by atoms with van der Waals surface area (Å²) < 4.78 is 4.95. The van der Waals surface area contributed by atoms with Crippen molar-refractivity contribution in [3.05, 3.63) is 218 Å². The molecule has 0 spiro atoms. The van der Waals surface area contributed by atoms with Gasteiger partial charge in [-0.1, -0.05) is 127 Å². The Bertz CT molecular complexity index is 3270. The van der Waals surface area contributed by atoms with Crippen LogP contribution in [-0.4, -0.2) is 9.67 Å². The molecule has 59 heavy (non-hydrogen) atoms. The highest BCUT2D eigenvalue weighted by molar-refractivity contribution is 7.25. The number of nitrogens with zero attached hydrogens (tertiary/aromatic N) is 2. The Morgan fingerprint density at radius 3 is 1.49 bits per heavy atom. The number of rotatable bonds is 8. The molecular formula is C55H38N2OS. The minimum atomic E-state index is 0.0331. The number of aliphatic hydroxyl groups is 1. The van der Waals surface area contributed by atoms with Gasteiger partial charge in [-0.05, 0) is 124 Å². The smallest absolute Gasteiger partial charge is 0.0681 e. The molecule has 0 saturated heterocycles. The monoisotopic (exact) mass is 774 g/mol. The van der Waals surface area contributed by atoms with Gasteiger partial charge in [-0.2, -0.15) is 0 Å². The molecule has 0 atom stereocenters. The maximum Gasteiger partial charge on any atom is 0.0681 e. The highest BCUT2D eigenvalue weighted by Crippen LogP contribution is 2.41. The standard InChI is InChI=1S/C55H38N2OS/c58-36-37-14-24-47(25-15-37)57-52-12-6-4-10-48(52)50-34-42(22-32-53(50)57)40-18-28-45(29-19-40)56(44-26-16-39(17-27-44)38-8-2-1-3-9-38)46-30-20-41(21-31-46)43-23-33-55-51(35-43)49-11-5-7-13-54(49)59-55/h1-35,58H,36H2. The third-order valence-electron chi connectivity index (χ3n) is 11.6. The lowest BCUT2D eigenvalue weighted by Crippen LogP contribution is -2.09. The first kappa shape index (κ1) is 35.0. The van der Waals surface area contributed by atoms with E-state index < -0.39 is 0 Å². The van der Waals surface area contributed by atoms with Crippen LogP contribution >= 0.6 is 11.3 Å². The summed E-state index contributed by atoms with van der Waals surface area (Å²) in [5, 5.41) is 14.7. The second kappa shape index (κ2) is 14.6. The van der Waals surface area contributed by atoms with E-state index in [-0.39, 0.29) is 6.61 Å². The zero-order valence-electron chi connectivity index (χ0n) is 32.2. The van der Waals surface area contributed by atoms with Crippen LogP contribution in [0.4, 0.5) is 17.1 Å². The van der Waals surface area contributed by atoms with Crippen LogP contribution in [0.15, 0.2) is 212 Å². The number of aromatic nitrogens is 1. The van der Waals surface area contributed by atoms with Crippen LogP contribution in [0.5, 0.6) is 0 Å². The second-order valence-electron chi connectivity index (χ2n) is 15.1. The quantitative estimate of drug-likeness (QED) is 0.167. The molecule has 0 amide bonds. The van der Waals surface area contributed by atoms with Crippen LogP contribution in [0, 0.1) is 0 Å². The first-order chi connectivity index (χ1) is 29.2. The van der Waals surface area contributed by atoms with Crippen molar-refractivity contribution >= 4 is 70.4 Å². The zero-order valence-corrected chi connectivity index (χ0v) is 33.0. The minimum Gasteiger partial charge on any atom is -0.392 e. The van der Waals surface area contributed by atoms with Crippen molar-refractivity contribution in [3.63, 3.8) is 0 Å². The average Bonchev–Trinajstić information content (AvgIpc) is 3.85. The highest BCUT2D eigenvalue weighted by atomic mass is 32.1. The average molecular weight is 775 g/mol. The molecule has 0 aliphatic heterocycles. The molecule has 2 heterocycles. The SMILES string of the molecule is OCc1ccc(-n2c3ccccc3c3cc(-c4ccc(N(c5ccc(-c6ccccc6)cc5)c5ccc(-c6ccc7sc8ccccc8c7c6)cc5)cc4)ccc32)cc1. The van der Waals surface area contributed by atoms with Crippen molar-refractivity contribution in [1.82, 2.24) is 4.57 Å². The van der Waals surface area contributed by atoms with E-state index >= 15 is 0 Å². The minimum absolute atomic E-state index is 0.0331. The fourth-order valence-electron chi connectivity index (χ4n) is 8.57. The van der Waals surface area contributed by atoms with Gasteiger partial charge < -0.3 is 14.6 Å². The molecule has 0 fully saturated rings. The molecule has 0 bridgehead atoms. The Hall–Kier alpha value is -7.24. The number of para-hydroxylation sites is 1.